The van der Waals surface area contributed by atoms with E-state index < -0.39 is 0 Å². The van der Waals surface area contributed by atoms with Crippen LogP contribution in [0.15, 0.2) is 35.0 Å². The summed E-state index contributed by atoms with van der Waals surface area (Å²) in [6.07, 6.45) is 4.25. The molecule has 2 saturated heterocycles. The molecule has 0 unspecified atom stereocenters. The topological polar surface area (TPSA) is 60.6 Å². The zero-order valence-electron chi connectivity index (χ0n) is 13.9. The van der Waals surface area contributed by atoms with Crippen molar-refractivity contribution in [2.24, 2.45) is 0 Å². The number of ether oxygens (including phenoxy) is 2. The average molecular weight is 329 g/mol. The van der Waals surface area contributed by atoms with Gasteiger partial charge in [0.15, 0.2) is 0 Å². The van der Waals surface area contributed by atoms with Crippen molar-refractivity contribution in [3.63, 3.8) is 0 Å². The fourth-order valence-electron chi connectivity index (χ4n) is 3.71. The molecule has 6 heteroatoms. The Kier molecular flexibility index (Phi) is 4.60. The predicted octanol–water partition coefficient (Wildman–Crippen LogP) is 2.33. The zero-order valence-corrected chi connectivity index (χ0v) is 13.9. The zero-order chi connectivity index (χ0) is 16.4. The Balaban J connectivity index is 1.42. The Hall–Kier alpha value is -1.76. The number of pyridine rings is 1. The van der Waals surface area contributed by atoms with Gasteiger partial charge in [-0.3, -0.25) is 9.88 Å². The number of rotatable bonds is 5. The molecule has 4 heterocycles. The van der Waals surface area contributed by atoms with Crippen LogP contribution in [0, 0.1) is 6.92 Å². The fourth-order valence-corrected chi connectivity index (χ4v) is 3.71. The van der Waals surface area contributed by atoms with Crippen molar-refractivity contribution in [1.29, 1.82) is 0 Å². The minimum Gasteiger partial charge on any atom is -0.374 e. The van der Waals surface area contributed by atoms with Crippen molar-refractivity contribution < 1.29 is 14.0 Å². The summed E-state index contributed by atoms with van der Waals surface area (Å²) in [4.78, 5) is 6.75. The summed E-state index contributed by atoms with van der Waals surface area (Å²) in [6.45, 7) is 4.90. The number of fused-ring (bicyclic) bond motifs is 1. The second-order valence-electron chi connectivity index (χ2n) is 6.57. The van der Waals surface area contributed by atoms with Crippen LogP contribution in [0.4, 0.5) is 0 Å². The van der Waals surface area contributed by atoms with E-state index in [0.29, 0.717) is 12.6 Å². The normalized spacial score (nSPS) is 27.3. The van der Waals surface area contributed by atoms with Crippen LogP contribution in [0.5, 0.6) is 0 Å². The number of hydrogen-bond acceptors (Lipinski definition) is 6. The third-order valence-electron chi connectivity index (χ3n) is 4.80. The molecule has 0 bridgehead atoms. The highest BCUT2D eigenvalue weighted by atomic mass is 16.5. The first-order chi connectivity index (χ1) is 11.8. The lowest BCUT2D eigenvalue weighted by Crippen LogP contribution is -2.41. The lowest BCUT2D eigenvalue weighted by molar-refractivity contribution is -0.0824. The first-order valence-corrected chi connectivity index (χ1v) is 8.59. The van der Waals surface area contributed by atoms with Gasteiger partial charge in [0.25, 0.3) is 0 Å². The van der Waals surface area contributed by atoms with Gasteiger partial charge in [-0.15, -0.1) is 0 Å². The summed E-state index contributed by atoms with van der Waals surface area (Å²) in [5.74, 6) is 0.851. The quantitative estimate of drug-likeness (QED) is 0.839. The molecule has 0 aliphatic carbocycles. The molecule has 128 valence electrons. The second kappa shape index (κ2) is 7.01. The van der Waals surface area contributed by atoms with Crippen LogP contribution in [-0.4, -0.2) is 46.4 Å². The van der Waals surface area contributed by atoms with Crippen LogP contribution in [0.2, 0.25) is 0 Å². The van der Waals surface area contributed by atoms with Gasteiger partial charge in [-0.2, -0.15) is 0 Å². The molecule has 2 fully saturated rings. The molecule has 0 spiro atoms. The number of aromatic nitrogens is 2. The minimum atomic E-state index is 0.0744. The van der Waals surface area contributed by atoms with Crippen LogP contribution in [0.3, 0.4) is 0 Å². The molecule has 0 saturated carbocycles. The van der Waals surface area contributed by atoms with Crippen molar-refractivity contribution in [3.05, 3.63) is 47.6 Å². The first kappa shape index (κ1) is 15.7. The Morgan fingerprint density at radius 2 is 2.29 bits per heavy atom. The van der Waals surface area contributed by atoms with E-state index in [1.165, 1.54) is 0 Å². The molecule has 3 atom stereocenters. The van der Waals surface area contributed by atoms with Crippen LogP contribution in [-0.2, 0) is 22.6 Å². The minimum absolute atomic E-state index is 0.0744. The summed E-state index contributed by atoms with van der Waals surface area (Å²) in [6, 6.07) is 8.29. The van der Waals surface area contributed by atoms with E-state index in [9.17, 15) is 0 Å². The maximum absolute atomic E-state index is 6.16. The van der Waals surface area contributed by atoms with Gasteiger partial charge >= 0.3 is 0 Å². The standard InChI is InChI=1S/C18H23N3O3/c1-13-9-15(20-24-13)10-21-11-17(18-16(21)6-4-8-22-18)23-12-14-5-2-3-7-19-14/h2-3,5,7,9,16-18H,4,6,8,10-12H2,1H3/t16-,17-,18+/m1/s1. The Morgan fingerprint density at radius 3 is 3.08 bits per heavy atom. The second-order valence-corrected chi connectivity index (χ2v) is 6.57. The van der Waals surface area contributed by atoms with E-state index in [-0.39, 0.29) is 12.2 Å². The molecular weight excluding hydrogens is 306 g/mol. The van der Waals surface area contributed by atoms with Gasteiger partial charge in [-0.1, -0.05) is 11.2 Å². The SMILES string of the molecule is Cc1cc(CN2C[C@@H](OCc3ccccn3)[C@H]3OCCC[C@H]32)no1. The lowest BCUT2D eigenvalue weighted by atomic mass is 10.0. The summed E-state index contributed by atoms with van der Waals surface area (Å²) >= 11 is 0. The van der Waals surface area contributed by atoms with Crippen LogP contribution in [0.1, 0.15) is 30.0 Å². The molecule has 0 N–H and O–H groups in total. The molecule has 0 aromatic carbocycles. The molecule has 2 aliphatic rings. The third-order valence-corrected chi connectivity index (χ3v) is 4.80. The van der Waals surface area contributed by atoms with Crippen LogP contribution < -0.4 is 0 Å². The number of likely N-dealkylation sites (tertiary alicyclic amines) is 1. The highest BCUT2D eigenvalue weighted by Gasteiger charge is 2.44. The number of hydrogen-bond donors (Lipinski definition) is 0. The smallest absolute Gasteiger partial charge is 0.133 e. The monoisotopic (exact) mass is 329 g/mol. The summed E-state index contributed by atoms with van der Waals surface area (Å²) < 4.78 is 17.4. The Morgan fingerprint density at radius 1 is 1.33 bits per heavy atom. The molecule has 6 nitrogen and oxygen atoms in total. The van der Waals surface area contributed by atoms with Crippen molar-refractivity contribution >= 4 is 0 Å². The molecule has 24 heavy (non-hydrogen) atoms. The maximum atomic E-state index is 6.16. The van der Waals surface area contributed by atoms with Crippen molar-refractivity contribution in [2.45, 2.75) is 51.2 Å². The molecule has 2 aromatic heterocycles. The van der Waals surface area contributed by atoms with Gasteiger partial charge in [0.2, 0.25) is 0 Å². The molecular formula is C18H23N3O3. The van der Waals surface area contributed by atoms with Gasteiger partial charge in [-0.05, 0) is 31.9 Å². The Bertz CT molecular complexity index is 661. The summed E-state index contributed by atoms with van der Waals surface area (Å²) in [7, 11) is 0. The van der Waals surface area contributed by atoms with Gasteiger partial charge in [0.1, 0.15) is 11.9 Å². The highest BCUT2D eigenvalue weighted by Crippen LogP contribution is 2.32. The van der Waals surface area contributed by atoms with E-state index in [2.05, 4.69) is 15.0 Å². The average Bonchev–Trinajstić information content (AvgIpc) is 3.18. The van der Waals surface area contributed by atoms with Gasteiger partial charge in [0, 0.05) is 38.0 Å². The summed E-state index contributed by atoms with van der Waals surface area (Å²) in [5, 5.41) is 4.13. The van der Waals surface area contributed by atoms with E-state index >= 15 is 0 Å². The molecule has 0 amide bonds. The van der Waals surface area contributed by atoms with E-state index in [0.717, 1.165) is 49.7 Å². The third kappa shape index (κ3) is 3.36. The van der Waals surface area contributed by atoms with Gasteiger partial charge in [-0.25, -0.2) is 0 Å². The summed E-state index contributed by atoms with van der Waals surface area (Å²) in [5.41, 5.74) is 1.93. The van der Waals surface area contributed by atoms with Crippen molar-refractivity contribution in [1.82, 2.24) is 15.0 Å². The van der Waals surface area contributed by atoms with Crippen LogP contribution >= 0.6 is 0 Å². The van der Waals surface area contributed by atoms with E-state index in [1.807, 2.05) is 31.2 Å². The number of aryl methyl sites for hydroxylation is 1. The highest BCUT2D eigenvalue weighted by molar-refractivity contribution is 5.07. The van der Waals surface area contributed by atoms with Crippen molar-refractivity contribution in [3.8, 4) is 0 Å². The molecule has 4 rings (SSSR count). The van der Waals surface area contributed by atoms with E-state index in [1.54, 1.807) is 6.20 Å². The largest absolute Gasteiger partial charge is 0.374 e. The van der Waals surface area contributed by atoms with E-state index in [4.69, 9.17) is 14.0 Å². The van der Waals surface area contributed by atoms with Gasteiger partial charge in [0.05, 0.1) is 24.1 Å². The Labute approximate surface area is 141 Å². The van der Waals surface area contributed by atoms with Gasteiger partial charge < -0.3 is 14.0 Å². The lowest BCUT2D eigenvalue weighted by Gasteiger charge is -2.31. The molecule has 2 aromatic rings. The molecule has 0 radical (unpaired) electrons. The number of nitrogens with zero attached hydrogens (tertiary/aromatic N) is 3. The van der Waals surface area contributed by atoms with Crippen LogP contribution in [0.25, 0.3) is 0 Å². The first-order valence-electron chi connectivity index (χ1n) is 8.59. The molecule has 2 aliphatic heterocycles. The predicted molar refractivity (Wildman–Crippen MR) is 87.2 cm³/mol. The fraction of sp³-hybridized carbons (Fsp3) is 0.556. The maximum Gasteiger partial charge on any atom is 0.133 e. The van der Waals surface area contributed by atoms with Crippen molar-refractivity contribution in [2.75, 3.05) is 13.2 Å².